The van der Waals surface area contributed by atoms with E-state index in [0.717, 1.165) is 11.4 Å². The summed E-state index contributed by atoms with van der Waals surface area (Å²) in [6, 6.07) is 9.70. The molecule has 1 heterocycles. The second-order valence-corrected chi connectivity index (χ2v) is 5.37. The van der Waals surface area contributed by atoms with Crippen LogP contribution in [-0.4, -0.2) is 14.9 Å². The normalized spacial score (nSPS) is 10.6. The Kier molecular flexibility index (Phi) is 4.07. The van der Waals surface area contributed by atoms with Crippen LogP contribution in [0.15, 0.2) is 29.4 Å². The van der Waals surface area contributed by atoms with E-state index >= 15 is 0 Å². The van der Waals surface area contributed by atoms with E-state index in [-0.39, 0.29) is 5.92 Å². The molecule has 0 bridgehead atoms. The molecule has 5 nitrogen and oxygen atoms in total. The standard InChI is InChI=1S/C13H15N5S/c1-9(2)12-16-17-13(18(12)15)19-8-11-6-4-3-5-10(11)7-14/h3-6,9H,8,15H2,1-2H3. The fraction of sp³-hybridized carbons (Fsp3) is 0.308. The van der Waals surface area contributed by atoms with Gasteiger partial charge in [-0.05, 0) is 11.6 Å². The van der Waals surface area contributed by atoms with Crippen molar-refractivity contribution in [3.63, 3.8) is 0 Å². The number of rotatable bonds is 4. The van der Waals surface area contributed by atoms with Crippen LogP contribution in [0, 0.1) is 11.3 Å². The topological polar surface area (TPSA) is 80.5 Å². The van der Waals surface area contributed by atoms with Crippen molar-refractivity contribution in [1.29, 1.82) is 5.26 Å². The number of benzene rings is 1. The molecule has 0 unspecified atom stereocenters. The third-order valence-corrected chi connectivity index (χ3v) is 3.69. The van der Waals surface area contributed by atoms with Crippen molar-refractivity contribution in [2.45, 2.75) is 30.7 Å². The Bertz CT molecular complexity index is 612. The Balaban J connectivity index is 2.13. The molecule has 0 radical (unpaired) electrons. The number of nitrogens with two attached hydrogens (primary N) is 1. The van der Waals surface area contributed by atoms with Gasteiger partial charge in [0.1, 0.15) is 0 Å². The first-order valence-electron chi connectivity index (χ1n) is 5.94. The maximum atomic E-state index is 9.03. The van der Waals surface area contributed by atoms with E-state index in [9.17, 15) is 0 Å². The number of nitriles is 1. The zero-order chi connectivity index (χ0) is 13.8. The molecule has 0 spiro atoms. The predicted octanol–water partition coefficient (Wildman–Crippen LogP) is 2.28. The van der Waals surface area contributed by atoms with Gasteiger partial charge in [0, 0.05) is 11.7 Å². The van der Waals surface area contributed by atoms with Gasteiger partial charge in [-0.25, -0.2) is 4.68 Å². The van der Waals surface area contributed by atoms with Crippen LogP contribution in [0.5, 0.6) is 0 Å². The molecule has 6 heteroatoms. The molecular weight excluding hydrogens is 258 g/mol. The molecule has 0 fully saturated rings. The Labute approximate surface area is 116 Å². The third-order valence-electron chi connectivity index (χ3n) is 2.70. The van der Waals surface area contributed by atoms with E-state index in [1.165, 1.54) is 16.4 Å². The fourth-order valence-electron chi connectivity index (χ4n) is 1.68. The highest BCUT2D eigenvalue weighted by Gasteiger charge is 2.13. The Morgan fingerprint density at radius 1 is 1.37 bits per heavy atom. The summed E-state index contributed by atoms with van der Waals surface area (Å²) >= 11 is 1.48. The van der Waals surface area contributed by atoms with Gasteiger partial charge in [-0.3, -0.25) is 0 Å². The van der Waals surface area contributed by atoms with Crippen LogP contribution < -0.4 is 5.84 Å². The fourth-order valence-corrected chi connectivity index (χ4v) is 2.55. The number of nitrogen functional groups attached to an aromatic ring is 1. The Morgan fingerprint density at radius 2 is 2.11 bits per heavy atom. The molecule has 0 saturated carbocycles. The maximum absolute atomic E-state index is 9.03. The lowest BCUT2D eigenvalue weighted by atomic mass is 10.1. The molecule has 2 aromatic rings. The molecule has 98 valence electrons. The van der Waals surface area contributed by atoms with E-state index in [1.807, 2.05) is 38.1 Å². The number of nitrogens with zero attached hydrogens (tertiary/aromatic N) is 4. The third kappa shape index (κ3) is 2.88. The Morgan fingerprint density at radius 3 is 2.74 bits per heavy atom. The van der Waals surface area contributed by atoms with Crippen molar-refractivity contribution in [3.05, 3.63) is 41.2 Å². The first-order valence-corrected chi connectivity index (χ1v) is 6.93. The van der Waals surface area contributed by atoms with Crippen LogP contribution in [0.2, 0.25) is 0 Å². The molecule has 0 saturated heterocycles. The van der Waals surface area contributed by atoms with E-state index < -0.39 is 0 Å². The smallest absolute Gasteiger partial charge is 0.210 e. The van der Waals surface area contributed by atoms with Crippen LogP contribution in [0.4, 0.5) is 0 Å². The van der Waals surface area contributed by atoms with Gasteiger partial charge in [-0.15, -0.1) is 10.2 Å². The lowest BCUT2D eigenvalue weighted by Crippen LogP contribution is -2.14. The van der Waals surface area contributed by atoms with Crippen molar-refractivity contribution < 1.29 is 0 Å². The SMILES string of the molecule is CC(C)c1nnc(SCc2ccccc2C#N)n1N. The van der Waals surface area contributed by atoms with Crippen LogP contribution in [-0.2, 0) is 5.75 Å². The van der Waals surface area contributed by atoms with Crippen molar-refractivity contribution in [2.75, 3.05) is 5.84 Å². The predicted molar refractivity (Wildman–Crippen MR) is 75.0 cm³/mol. The zero-order valence-electron chi connectivity index (χ0n) is 10.9. The molecule has 0 aliphatic carbocycles. The summed E-state index contributed by atoms with van der Waals surface area (Å²) in [4.78, 5) is 0. The molecule has 2 rings (SSSR count). The number of aromatic nitrogens is 3. The molecule has 2 N–H and O–H groups in total. The number of hydrogen-bond donors (Lipinski definition) is 1. The lowest BCUT2D eigenvalue weighted by Gasteiger charge is -2.06. The molecular formula is C13H15N5S. The summed E-state index contributed by atoms with van der Waals surface area (Å²) in [6.07, 6.45) is 0. The summed E-state index contributed by atoms with van der Waals surface area (Å²) in [5, 5.41) is 17.8. The largest absolute Gasteiger partial charge is 0.336 e. The summed E-state index contributed by atoms with van der Waals surface area (Å²) < 4.78 is 1.52. The second-order valence-electron chi connectivity index (χ2n) is 4.42. The van der Waals surface area contributed by atoms with E-state index in [4.69, 9.17) is 11.1 Å². The van der Waals surface area contributed by atoms with Gasteiger partial charge in [-0.1, -0.05) is 43.8 Å². The zero-order valence-corrected chi connectivity index (χ0v) is 11.7. The quantitative estimate of drug-likeness (QED) is 0.682. The highest BCUT2D eigenvalue weighted by atomic mass is 32.2. The van der Waals surface area contributed by atoms with Crippen molar-refractivity contribution in [2.24, 2.45) is 0 Å². The summed E-state index contributed by atoms with van der Waals surface area (Å²) in [5.41, 5.74) is 1.66. The van der Waals surface area contributed by atoms with Gasteiger partial charge in [0.25, 0.3) is 0 Å². The average Bonchev–Trinajstić information content (AvgIpc) is 2.78. The molecule has 0 amide bonds. The van der Waals surface area contributed by atoms with Gasteiger partial charge in [-0.2, -0.15) is 5.26 Å². The summed E-state index contributed by atoms with van der Waals surface area (Å²) in [7, 11) is 0. The molecule has 19 heavy (non-hydrogen) atoms. The van der Waals surface area contributed by atoms with E-state index in [0.29, 0.717) is 16.5 Å². The first kappa shape index (κ1) is 13.4. The summed E-state index contributed by atoms with van der Waals surface area (Å²) in [5.74, 6) is 7.59. The maximum Gasteiger partial charge on any atom is 0.210 e. The molecule has 1 aromatic carbocycles. The Hall–Kier alpha value is -2.00. The van der Waals surface area contributed by atoms with Gasteiger partial charge >= 0.3 is 0 Å². The minimum Gasteiger partial charge on any atom is -0.336 e. The minimum absolute atomic E-state index is 0.234. The monoisotopic (exact) mass is 273 g/mol. The van der Waals surface area contributed by atoms with E-state index in [2.05, 4.69) is 16.3 Å². The van der Waals surface area contributed by atoms with Crippen molar-refractivity contribution in [1.82, 2.24) is 14.9 Å². The highest BCUT2D eigenvalue weighted by molar-refractivity contribution is 7.98. The van der Waals surface area contributed by atoms with Gasteiger partial charge in [0.2, 0.25) is 5.16 Å². The first-order chi connectivity index (χ1) is 9.13. The second kappa shape index (κ2) is 5.76. The minimum atomic E-state index is 0.234. The number of thioether (sulfide) groups is 1. The van der Waals surface area contributed by atoms with Crippen LogP contribution in [0.1, 0.15) is 36.7 Å². The lowest BCUT2D eigenvalue weighted by molar-refractivity contribution is 0.712. The van der Waals surface area contributed by atoms with Gasteiger partial charge in [0.15, 0.2) is 5.82 Å². The van der Waals surface area contributed by atoms with Crippen molar-refractivity contribution >= 4 is 11.8 Å². The summed E-state index contributed by atoms with van der Waals surface area (Å²) in [6.45, 7) is 4.04. The molecule has 0 aliphatic rings. The molecule has 1 aromatic heterocycles. The average molecular weight is 273 g/mol. The van der Waals surface area contributed by atoms with Crippen LogP contribution in [0.3, 0.4) is 0 Å². The van der Waals surface area contributed by atoms with Gasteiger partial charge < -0.3 is 5.84 Å². The van der Waals surface area contributed by atoms with Crippen LogP contribution >= 0.6 is 11.8 Å². The highest BCUT2D eigenvalue weighted by Crippen LogP contribution is 2.23. The van der Waals surface area contributed by atoms with Crippen LogP contribution in [0.25, 0.3) is 0 Å². The molecule has 0 aliphatic heterocycles. The van der Waals surface area contributed by atoms with E-state index in [1.54, 1.807) is 0 Å². The number of hydrogen-bond acceptors (Lipinski definition) is 5. The molecule has 0 atom stereocenters. The van der Waals surface area contributed by atoms with Crippen molar-refractivity contribution in [3.8, 4) is 6.07 Å². The van der Waals surface area contributed by atoms with Gasteiger partial charge in [0.05, 0.1) is 11.6 Å².